The molecule has 7 heteroatoms. The van der Waals surface area contributed by atoms with Gasteiger partial charge in [-0.3, -0.25) is 4.79 Å². The fraction of sp³-hybridized carbons (Fsp3) is 0.0882. The fourth-order valence-electron chi connectivity index (χ4n) is 4.29. The SMILES string of the molecule is C[C@H](NC(=O)/C(C#N)=C/c1cn(-c2ccccc2)nc1-c1ccc(OCc2ccc(Cl)cc2)cc1)c1ccccc1. The summed E-state index contributed by atoms with van der Waals surface area (Å²) in [4.78, 5) is 13.1. The van der Waals surface area contributed by atoms with E-state index < -0.39 is 5.91 Å². The molecule has 0 spiro atoms. The molecule has 6 nitrogen and oxygen atoms in total. The number of aromatic nitrogens is 2. The van der Waals surface area contributed by atoms with Crippen molar-refractivity contribution in [3.63, 3.8) is 0 Å². The molecule has 1 heterocycles. The summed E-state index contributed by atoms with van der Waals surface area (Å²) in [7, 11) is 0. The third kappa shape index (κ3) is 6.91. The van der Waals surface area contributed by atoms with Gasteiger partial charge in [0.25, 0.3) is 5.91 Å². The molecule has 0 saturated carbocycles. The van der Waals surface area contributed by atoms with Crippen LogP contribution in [0.3, 0.4) is 0 Å². The summed E-state index contributed by atoms with van der Waals surface area (Å²) >= 11 is 5.97. The highest BCUT2D eigenvalue weighted by Gasteiger charge is 2.17. The summed E-state index contributed by atoms with van der Waals surface area (Å²) in [6.45, 7) is 2.30. The van der Waals surface area contributed by atoms with Gasteiger partial charge in [-0.1, -0.05) is 72.3 Å². The Morgan fingerprint density at radius 2 is 1.63 bits per heavy atom. The molecule has 5 rings (SSSR count). The van der Waals surface area contributed by atoms with Gasteiger partial charge >= 0.3 is 0 Å². The number of carbonyl (C=O) groups excluding carboxylic acids is 1. The number of ether oxygens (including phenoxy) is 1. The average Bonchev–Trinajstić information content (AvgIpc) is 3.44. The number of nitrogens with one attached hydrogen (secondary N) is 1. The van der Waals surface area contributed by atoms with E-state index >= 15 is 0 Å². The number of halogens is 1. The minimum atomic E-state index is -0.451. The number of hydrogen-bond donors (Lipinski definition) is 1. The number of rotatable bonds is 9. The van der Waals surface area contributed by atoms with Gasteiger partial charge in [0.2, 0.25) is 0 Å². The van der Waals surface area contributed by atoms with Crippen LogP contribution in [0.4, 0.5) is 0 Å². The predicted molar refractivity (Wildman–Crippen MR) is 161 cm³/mol. The van der Waals surface area contributed by atoms with Crippen LogP contribution in [0, 0.1) is 11.3 Å². The van der Waals surface area contributed by atoms with E-state index in [9.17, 15) is 10.1 Å². The van der Waals surface area contributed by atoms with Crippen LogP contribution in [0.2, 0.25) is 5.02 Å². The first kappa shape index (κ1) is 27.4. The standard InChI is InChI=1S/C34H27ClN4O2/c1-24(26-8-4-2-5-9-26)37-34(40)28(21-36)20-29-22-39(31-10-6-3-7-11-31)38-33(29)27-14-18-32(19-15-27)41-23-25-12-16-30(35)17-13-25/h2-20,22,24H,23H2,1H3,(H,37,40)/b28-20+/t24-/m0/s1. The highest BCUT2D eigenvalue weighted by Crippen LogP contribution is 2.28. The van der Waals surface area contributed by atoms with Crippen molar-refractivity contribution in [2.75, 3.05) is 0 Å². The van der Waals surface area contributed by atoms with Crippen molar-refractivity contribution < 1.29 is 9.53 Å². The van der Waals surface area contributed by atoms with Gasteiger partial charge < -0.3 is 10.1 Å². The van der Waals surface area contributed by atoms with Crippen molar-refractivity contribution in [2.24, 2.45) is 0 Å². The van der Waals surface area contributed by atoms with Crippen molar-refractivity contribution in [3.05, 3.63) is 143 Å². The van der Waals surface area contributed by atoms with Gasteiger partial charge in [-0.15, -0.1) is 0 Å². The lowest BCUT2D eigenvalue weighted by molar-refractivity contribution is -0.117. The zero-order valence-electron chi connectivity index (χ0n) is 22.4. The minimum Gasteiger partial charge on any atom is -0.489 e. The Bertz CT molecular complexity index is 1690. The van der Waals surface area contributed by atoms with Gasteiger partial charge in [0.05, 0.1) is 17.4 Å². The third-order valence-corrected chi connectivity index (χ3v) is 6.77. The molecule has 0 aliphatic heterocycles. The van der Waals surface area contributed by atoms with Crippen LogP contribution in [0.1, 0.15) is 29.7 Å². The molecule has 0 aliphatic rings. The lowest BCUT2D eigenvalue weighted by Crippen LogP contribution is -2.27. The van der Waals surface area contributed by atoms with Gasteiger partial charge in [-0.2, -0.15) is 10.4 Å². The van der Waals surface area contributed by atoms with Crippen molar-refractivity contribution in [1.29, 1.82) is 5.26 Å². The van der Waals surface area contributed by atoms with E-state index in [0.717, 1.165) is 22.4 Å². The van der Waals surface area contributed by atoms with Crippen molar-refractivity contribution in [3.8, 4) is 28.8 Å². The molecule has 0 aliphatic carbocycles. The van der Waals surface area contributed by atoms with E-state index in [1.165, 1.54) is 0 Å². The van der Waals surface area contributed by atoms with Crippen molar-refractivity contribution in [2.45, 2.75) is 19.6 Å². The Labute approximate surface area is 244 Å². The molecule has 202 valence electrons. The van der Waals surface area contributed by atoms with Crippen LogP contribution >= 0.6 is 11.6 Å². The topological polar surface area (TPSA) is 79.9 Å². The number of carbonyl (C=O) groups is 1. The highest BCUT2D eigenvalue weighted by atomic mass is 35.5. The lowest BCUT2D eigenvalue weighted by atomic mass is 10.0. The Morgan fingerprint density at radius 1 is 0.976 bits per heavy atom. The molecule has 41 heavy (non-hydrogen) atoms. The van der Waals surface area contributed by atoms with Gasteiger partial charge in [0, 0.05) is 22.3 Å². The summed E-state index contributed by atoms with van der Waals surface area (Å²) in [5.41, 5.74) is 4.91. The summed E-state index contributed by atoms with van der Waals surface area (Å²) in [5.74, 6) is 0.253. The van der Waals surface area contributed by atoms with Crippen LogP contribution in [-0.2, 0) is 11.4 Å². The van der Waals surface area contributed by atoms with Gasteiger partial charge in [-0.25, -0.2) is 4.68 Å². The lowest BCUT2D eigenvalue weighted by Gasteiger charge is -2.13. The molecule has 0 fully saturated rings. The molecular weight excluding hydrogens is 532 g/mol. The van der Waals surface area contributed by atoms with Gasteiger partial charge in [0.15, 0.2) is 0 Å². The van der Waals surface area contributed by atoms with Crippen LogP contribution < -0.4 is 10.1 Å². The van der Waals surface area contributed by atoms with Crippen LogP contribution in [0.5, 0.6) is 5.75 Å². The van der Waals surface area contributed by atoms with Crippen molar-refractivity contribution in [1.82, 2.24) is 15.1 Å². The maximum Gasteiger partial charge on any atom is 0.262 e. The summed E-state index contributed by atoms with van der Waals surface area (Å²) < 4.78 is 7.68. The first-order valence-electron chi connectivity index (χ1n) is 13.1. The number of para-hydroxylation sites is 1. The van der Waals surface area contributed by atoms with E-state index in [2.05, 4.69) is 11.4 Å². The van der Waals surface area contributed by atoms with Crippen LogP contribution in [0.25, 0.3) is 23.0 Å². The first-order chi connectivity index (χ1) is 20.0. The Balaban J connectivity index is 1.42. The second kappa shape index (κ2) is 12.8. The molecule has 0 bridgehead atoms. The second-order valence-electron chi connectivity index (χ2n) is 9.43. The maximum atomic E-state index is 13.1. The van der Waals surface area contributed by atoms with Crippen molar-refractivity contribution >= 4 is 23.6 Å². The smallest absolute Gasteiger partial charge is 0.262 e. The molecule has 1 amide bonds. The second-order valence-corrected chi connectivity index (χ2v) is 9.86. The zero-order valence-corrected chi connectivity index (χ0v) is 23.1. The van der Waals surface area contributed by atoms with E-state index in [1.54, 1.807) is 10.8 Å². The number of hydrogen-bond acceptors (Lipinski definition) is 4. The first-order valence-corrected chi connectivity index (χ1v) is 13.5. The molecule has 0 saturated heterocycles. The van der Waals surface area contributed by atoms with E-state index in [4.69, 9.17) is 21.4 Å². The number of benzene rings is 4. The quantitative estimate of drug-likeness (QED) is 0.149. The molecule has 0 radical (unpaired) electrons. The molecule has 1 aromatic heterocycles. The highest BCUT2D eigenvalue weighted by molar-refractivity contribution is 6.30. The number of amides is 1. The largest absolute Gasteiger partial charge is 0.489 e. The number of nitriles is 1. The molecule has 0 unspecified atom stereocenters. The molecule has 5 aromatic rings. The average molecular weight is 559 g/mol. The van der Waals surface area contributed by atoms with Crippen LogP contribution in [-0.4, -0.2) is 15.7 Å². The van der Waals surface area contributed by atoms with Gasteiger partial charge in [-0.05, 0) is 72.7 Å². The van der Waals surface area contributed by atoms with E-state index in [1.807, 2.05) is 122 Å². The summed E-state index contributed by atoms with van der Waals surface area (Å²) in [5, 5.41) is 18.3. The normalized spacial score (nSPS) is 11.9. The van der Waals surface area contributed by atoms with E-state index in [0.29, 0.717) is 28.6 Å². The Hall–Kier alpha value is -5.12. The monoisotopic (exact) mass is 558 g/mol. The molecule has 1 atom stereocenters. The molecule has 4 aromatic carbocycles. The minimum absolute atomic E-state index is 0.00967. The molecule has 1 N–H and O–H groups in total. The maximum absolute atomic E-state index is 13.1. The van der Waals surface area contributed by atoms with Gasteiger partial charge in [0.1, 0.15) is 24.0 Å². The summed E-state index contributed by atoms with van der Waals surface area (Å²) in [6, 6.07) is 36.2. The predicted octanol–water partition coefficient (Wildman–Crippen LogP) is 7.56. The number of nitrogens with zero attached hydrogens (tertiary/aromatic N) is 3. The van der Waals surface area contributed by atoms with Crippen LogP contribution in [0.15, 0.2) is 121 Å². The Kier molecular flexibility index (Phi) is 8.58. The van der Waals surface area contributed by atoms with E-state index in [-0.39, 0.29) is 11.6 Å². The molecular formula is C34H27ClN4O2. The Morgan fingerprint density at radius 3 is 2.29 bits per heavy atom. The third-order valence-electron chi connectivity index (χ3n) is 6.52. The summed E-state index contributed by atoms with van der Waals surface area (Å²) in [6.07, 6.45) is 3.40. The fourth-order valence-corrected chi connectivity index (χ4v) is 4.42. The zero-order chi connectivity index (χ0) is 28.6.